The molecular weight excluding hydrogens is 299 g/mol. The minimum atomic E-state index is -0.853. The van der Waals surface area contributed by atoms with Crippen LogP contribution in [0.3, 0.4) is 0 Å². The lowest BCUT2D eigenvalue weighted by Gasteiger charge is -2.44. The Kier molecular flexibility index (Phi) is 6.63. The van der Waals surface area contributed by atoms with Crippen molar-refractivity contribution in [1.82, 2.24) is 0 Å². The van der Waals surface area contributed by atoms with Crippen LogP contribution < -0.4 is 0 Å². The molecule has 0 aromatic carbocycles. The second-order valence-corrected chi connectivity index (χ2v) is 9.10. The molecule has 1 saturated heterocycles. The van der Waals surface area contributed by atoms with E-state index >= 15 is 4.39 Å². The lowest BCUT2D eigenvalue weighted by Crippen LogP contribution is -2.42. The van der Waals surface area contributed by atoms with Crippen LogP contribution in [0.4, 0.5) is 4.39 Å². The molecule has 1 nitrogen and oxygen atoms in total. The Balaban J connectivity index is 1.44. The van der Waals surface area contributed by atoms with E-state index in [1.807, 2.05) is 0 Å². The molecule has 1 heterocycles. The molecule has 0 amide bonds. The van der Waals surface area contributed by atoms with Crippen molar-refractivity contribution in [2.45, 2.75) is 109 Å². The van der Waals surface area contributed by atoms with Crippen LogP contribution in [0.15, 0.2) is 0 Å². The van der Waals surface area contributed by atoms with Gasteiger partial charge >= 0.3 is 0 Å². The van der Waals surface area contributed by atoms with Crippen LogP contribution in [0.5, 0.6) is 0 Å². The summed E-state index contributed by atoms with van der Waals surface area (Å²) in [5.41, 5.74) is -0.853. The molecule has 0 aromatic heterocycles. The fourth-order valence-electron chi connectivity index (χ4n) is 5.82. The van der Waals surface area contributed by atoms with Crippen LogP contribution >= 0.6 is 0 Å². The summed E-state index contributed by atoms with van der Waals surface area (Å²) in [5.74, 6) is 2.63. The predicted molar refractivity (Wildman–Crippen MR) is 98.9 cm³/mol. The van der Waals surface area contributed by atoms with Crippen LogP contribution in [0.1, 0.15) is 97.3 Å². The number of rotatable bonds is 5. The van der Waals surface area contributed by atoms with Gasteiger partial charge in [-0.25, -0.2) is 4.39 Å². The Bertz CT molecular complexity index is 358. The van der Waals surface area contributed by atoms with Gasteiger partial charge in [-0.2, -0.15) is 0 Å². The fraction of sp³-hybridized carbons (Fsp3) is 1.00. The molecule has 2 unspecified atom stereocenters. The van der Waals surface area contributed by atoms with E-state index in [-0.39, 0.29) is 0 Å². The van der Waals surface area contributed by atoms with Gasteiger partial charge in [-0.15, -0.1) is 0 Å². The van der Waals surface area contributed by atoms with Crippen molar-refractivity contribution in [3.63, 3.8) is 0 Å². The summed E-state index contributed by atoms with van der Waals surface area (Å²) in [4.78, 5) is 0. The Morgan fingerprint density at radius 3 is 2.08 bits per heavy atom. The van der Waals surface area contributed by atoms with E-state index < -0.39 is 5.67 Å². The Labute approximate surface area is 149 Å². The summed E-state index contributed by atoms with van der Waals surface area (Å²) in [6.07, 6.45) is 15.4. The van der Waals surface area contributed by atoms with Gasteiger partial charge in [0, 0.05) is 6.61 Å². The minimum absolute atomic E-state index is 0.349. The van der Waals surface area contributed by atoms with E-state index in [4.69, 9.17) is 4.74 Å². The third-order valence-electron chi connectivity index (χ3n) is 7.65. The molecular formula is C22H39FO. The van der Waals surface area contributed by atoms with E-state index in [0.29, 0.717) is 17.9 Å². The van der Waals surface area contributed by atoms with Crippen molar-refractivity contribution in [2.24, 2.45) is 23.7 Å². The zero-order valence-electron chi connectivity index (χ0n) is 16.1. The second-order valence-electron chi connectivity index (χ2n) is 9.10. The van der Waals surface area contributed by atoms with E-state index in [9.17, 15) is 0 Å². The molecule has 3 fully saturated rings. The van der Waals surface area contributed by atoms with Gasteiger partial charge in [0.25, 0.3) is 0 Å². The van der Waals surface area contributed by atoms with Gasteiger partial charge in [0.2, 0.25) is 0 Å². The molecule has 2 heteroatoms. The van der Waals surface area contributed by atoms with Crippen LogP contribution in [-0.4, -0.2) is 18.4 Å². The summed E-state index contributed by atoms with van der Waals surface area (Å²) < 4.78 is 21.8. The third-order valence-corrected chi connectivity index (χ3v) is 7.65. The van der Waals surface area contributed by atoms with E-state index in [2.05, 4.69) is 13.8 Å². The highest BCUT2D eigenvalue weighted by molar-refractivity contribution is 4.95. The minimum Gasteiger partial charge on any atom is -0.378 e. The summed E-state index contributed by atoms with van der Waals surface area (Å²) in [5, 5.41) is 0. The molecule has 0 N–H and O–H groups in total. The topological polar surface area (TPSA) is 9.23 Å². The van der Waals surface area contributed by atoms with Crippen molar-refractivity contribution >= 4 is 0 Å². The quantitative estimate of drug-likeness (QED) is 0.542. The monoisotopic (exact) mass is 338 g/mol. The first-order valence-corrected chi connectivity index (χ1v) is 10.9. The SMILES string of the molecule is CCCC1CCC(C2CCC(F)(C3CCC(CC)CC3)CC2)OC1. The lowest BCUT2D eigenvalue weighted by molar-refractivity contribution is -0.0788. The molecule has 2 atom stereocenters. The smallest absolute Gasteiger partial charge is 0.113 e. The maximum atomic E-state index is 15.6. The maximum Gasteiger partial charge on any atom is 0.113 e. The molecule has 1 aliphatic heterocycles. The summed E-state index contributed by atoms with van der Waals surface area (Å²) in [7, 11) is 0. The molecule has 0 bridgehead atoms. The number of hydrogen-bond acceptors (Lipinski definition) is 1. The zero-order valence-corrected chi connectivity index (χ0v) is 16.1. The van der Waals surface area contributed by atoms with Gasteiger partial charge in [-0.05, 0) is 81.5 Å². The molecule has 0 radical (unpaired) electrons. The summed E-state index contributed by atoms with van der Waals surface area (Å²) >= 11 is 0. The van der Waals surface area contributed by atoms with Gasteiger partial charge in [0.1, 0.15) is 5.67 Å². The zero-order chi connectivity index (χ0) is 17.0. The lowest BCUT2D eigenvalue weighted by atomic mass is 9.66. The van der Waals surface area contributed by atoms with Crippen LogP contribution in [0, 0.1) is 23.7 Å². The normalized spacial score (nSPS) is 44.4. The van der Waals surface area contributed by atoms with Crippen molar-refractivity contribution in [3.8, 4) is 0 Å². The van der Waals surface area contributed by atoms with Crippen molar-refractivity contribution in [2.75, 3.05) is 6.61 Å². The molecule has 2 aliphatic carbocycles. The second kappa shape index (κ2) is 8.52. The number of hydrogen-bond donors (Lipinski definition) is 0. The number of alkyl halides is 1. The molecule has 0 spiro atoms. The van der Waals surface area contributed by atoms with E-state index in [1.54, 1.807) is 0 Å². The van der Waals surface area contributed by atoms with Gasteiger partial charge in [0.15, 0.2) is 0 Å². The van der Waals surface area contributed by atoms with E-state index in [0.717, 1.165) is 57.0 Å². The highest BCUT2D eigenvalue weighted by Gasteiger charge is 2.44. The van der Waals surface area contributed by atoms with Crippen molar-refractivity contribution in [3.05, 3.63) is 0 Å². The average Bonchev–Trinajstić information content (AvgIpc) is 2.63. The molecule has 0 aromatic rings. The maximum absolute atomic E-state index is 15.6. The fourth-order valence-corrected chi connectivity index (χ4v) is 5.82. The van der Waals surface area contributed by atoms with Gasteiger partial charge in [-0.3, -0.25) is 0 Å². The summed E-state index contributed by atoms with van der Waals surface area (Å²) in [6.45, 7) is 5.51. The summed E-state index contributed by atoms with van der Waals surface area (Å²) in [6, 6.07) is 0. The molecule has 3 rings (SSSR count). The van der Waals surface area contributed by atoms with Gasteiger partial charge in [-0.1, -0.05) is 39.5 Å². The Morgan fingerprint density at radius 1 is 0.875 bits per heavy atom. The predicted octanol–water partition coefficient (Wildman–Crippen LogP) is 6.70. The first-order chi connectivity index (χ1) is 11.6. The van der Waals surface area contributed by atoms with Gasteiger partial charge < -0.3 is 4.74 Å². The van der Waals surface area contributed by atoms with Crippen LogP contribution in [-0.2, 0) is 4.74 Å². The van der Waals surface area contributed by atoms with Crippen molar-refractivity contribution < 1.29 is 9.13 Å². The highest BCUT2D eigenvalue weighted by Crippen LogP contribution is 2.48. The number of ether oxygens (including phenoxy) is 1. The molecule has 2 saturated carbocycles. The Hall–Kier alpha value is -0.110. The molecule has 24 heavy (non-hydrogen) atoms. The average molecular weight is 339 g/mol. The standard InChI is InChI=1S/C22H39FO/c1-3-5-18-8-11-21(24-16-18)19-12-14-22(23,15-13-19)20-9-6-17(4-2)7-10-20/h17-21H,3-16H2,1-2H3. The van der Waals surface area contributed by atoms with Crippen molar-refractivity contribution in [1.29, 1.82) is 0 Å². The largest absolute Gasteiger partial charge is 0.378 e. The van der Waals surface area contributed by atoms with Crippen LogP contribution in [0.2, 0.25) is 0 Å². The third kappa shape index (κ3) is 4.34. The van der Waals surface area contributed by atoms with E-state index in [1.165, 1.54) is 44.9 Å². The first-order valence-electron chi connectivity index (χ1n) is 10.9. The first kappa shape index (κ1) is 18.7. The molecule has 3 aliphatic rings. The van der Waals surface area contributed by atoms with Gasteiger partial charge in [0.05, 0.1) is 6.10 Å². The highest BCUT2D eigenvalue weighted by atomic mass is 19.1. The Morgan fingerprint density at radius 2 is 1.54 bits per heavy atom. The molecule has 140 valence electrons. The van der Waals surface area contributed by atoms with Crippen LogP contribution in [0.25, 0.3) is 0 Å². The number of halogens is 1.